The number of hydrogen-bond acceptors (Lipinski definition) is 6. The molecule has 0 saturated carbocycles. The molecule has 2 heterocycles. The molecular weight excluding hydrogens is 407 g/mol. The highest BCUT2D eigenvalue weighted by Gasteiger charge is 2.17. The second-order valence-electron chi connectivity index (χ2n) is 4.01. The van der Waals surface area contributed by atoms with E-state index in [0.29, 0.717) is 5.82 Å². The average Bonchev–Trinajstić information content (AvgIpc) is 2.93. The van der Waals surface area contributed by atoms with Crippen LogP contribution in [0.5, 0.6) is 0 Å². The van der Waals surface area contributed by atoms with Crippen LogP contribution in [0, 0.1) is 3.57 Å². The Bertz CT molecular complexity index is 923. The zero-order valence-corrected chi connectivity index (χ0v) is 13.7. The van der Waals surface area contributed by atoms with Crippen LogP contribution in [0.2, 0.25) is 0 Å². The summed E-state index contributed by atoms with van der Waals surface area (Å²) in [6.45, 7) is 0. The molecule has 21 heavy (non-hydrogen) atoms. The number of rotatable bonds is 3. The van der Waals surface area contributed by atoms with E-state index in [0.717, 1.165) is 14.6 Å². The lowest BCUT2D eigenvalue weighted by Gasteiger charge is -2.04. The van der Waals surface area contributed by atoms with Gasteiger partial charge >= 0.3 is 0 Å². The van der Waals surface area contributed by atoms with Gasteiger partial charge in [-0.3, -0.25) is 0 Å². The molecule has 1 aromatic carbocycles. The van der Waals surface area contributed by atoms with Crippen LogP contribution in [0.3, 0.4) is 0 Å². The summed E-state index contributed by atoms with van der Waals surface area (Å²) in [7, 11) is -2.40. The Kier molecular flexibility index (Phi) is 3.59. The minimum Gasteiger partial charge on any atom is -0.225 e. The van der Waals surface area contributed by atoms with E-state index in [1.165, 1.54) is 17.9 Å². The predicted molar refractivity (Wildman–Crippen MR) is 83.4 cm³/mol. The van der Waals surface area contributed by atoms with Crippen LogP contribution in [0.15, 0.2) is 35.6 Å². The number of nitrogens with one attached hydrogen (secondary N) is 1. The lowest BCUT2D eigenvalue weighted by atomic mass is 10.3. The first kappa shape index (κ1) is 14.3. The summed E-state index contributed by atoms with van der Waals surface area (Å²) in [4.78, 5) is 7.80. The number of nitrogens with zero attached hydrogens (tertiary/aromatic N) is 5. The molecule has 0 saturated heterocycles. The molecule has 3 aromatic rings. The topological polar surface area (TPSA) is 103 Å². The Balaban J connectivity index is 2.20. The fourth-order valence-corrected chi connectivity index (χ4v) is 2.94. The first-order valence-electron chi connectivity index (χ1n) is 5.80. The molecule has 0 spiro atoms. The Morgan fingerprint density at radius 3 is 2.86 bits per heavy atom. The van der Waals surface area contributed by atoms with Crippen molar-refractivity contribution in [3.8, 4) is 5.82 Å². The SMILES string of the molecule is CNS(=O)(=O)c1nccc(-n2nnc3c(I)cccc32)n1. The molecule has 10 heteroatoms. The predicted octanol–water partition coefficient (Wildman–Crippen LogP) is 0.723. The van der Waals surface area contributed by atoms with Crippen molar-refractivity contribution in [3.63, 3.8) is 0 Å². The third kappa shape index (κ3) is 2.49. The van der Waals surface area contributed by atoms with E-state index in [-0.39, 0.29) is 5.16 Å². The van der Waals surface area contributed by atoms with Gasteiger partial charge in [-0.25, -0.2) is 18.1 Å². The third-order valence-electron chi connectivity index (χ3n) is 2.77. The lowest BCUT2D eigenvalue weighted by molar-refractivity contribution is 0.577. The van der Waals surface area contributed by atoms with Crippen molar-refractivity contribution in [2.45, 2.75) is 5.16 Å². The summed E-state index contributed by atoms with van der Waals surface area (Å²) in [6, 6.07) is 7.20. The zero-order chi connectivity index (χ0) is 15.0. The van der Waals surface area contributed by atoms with Crippen molar-refractivity contribution in [2.75, 3.05) is 7.05 Å². The Labute approximate surface area is 133 Å². The largest absolute Gasteiger partial charge is 0.276 e. The van der Waals surface area contributed by atoms with Gasteiger partial charge in [-0.05, 0) is 41.8 Å². The smallest absolute Gasteiger partial charge is 0.225 e. The Hall–Kier alpha value is -1.66. The maximum atomic E-state index is 11.8. The summed E-state index contributed by atoms with van der Waals surface area (Å²) < 4.78 is 28.1. The van der Waals surface area contributed by atoms with Crippen molar-refractivity contribution in [3.05, 3.63) is 34.0 Å². The second kappa shape index (κ2) is 5.27. The first-order valence-corrected chi connectivity index (χ1v) is 8.36. The van der Waals surface area contributed by atoms with Gasteiger partial charge < -0.3 is 0 Å². The number of hydrogen-bond donors (Lipinski definition) is 1. The van der Waals surface area contributed by atoms with Crippen molar-refractivity contribution >= 4 is 43.6 Å². The fraction of sp³-hybridized carbons (Fsp3) is 0.0909. The highest BCUT2D eigenvalue weighted by atomic mass is 127. The van der Waals surface area contributed by atoms with Gasteiger partial charge in [-0.2, -0.15) is 9.67 Å². The van der Waals surface area contributed by atoms with Crippen LogP contribution in [0.1, 0.15) is 0 Å². The van der Waals surface area contributed by atoms with Crippen LogP contribution < -0.4 is 4.72 Å². The third-order valence-corrected chi connectivity index (χ3v) is 4.86. The van der Waals surface area contributed by atoms with Gasteiger partial charge in [0.15, 0.2) is 5.82 Å². The molecule has 8 nitrogen and oxygen atoms in total. The molecule has 1 N–H and O–H groups in total. The van der Waals surface area contributed by atoms with Gasteiger partial charge in [0.1, 0.15) is 5.52 Å². The lowest BCUT2D eigenvalue weighted by Crippen LogP contribution is -2.21. The molecule has 0 radical (unpaired) electrons. The van der Waals surface area contributed by atoms with E-state index in [1.54, 1.807) is 6.07 Å². The van der Waals surface area contributed by atoms with Gasteiger partial charge in [0.05, 0.1) is 5.52 Å². The molecule has 0 aliphatic carbocycles. The van der Waals surface area contributed by atoms with Crippen LogP contribution in [0.4, 0.5) is 0 Å². The molecular formula is C11H9IN6O2S. The van der Waals surface area contributed by atoms with Crippen molar-refractivity contribution < 1.29 is 8.42 Å². The molecule has 0 unspecified atom stereocenters. The first-order chi connectivity index (χ1) is 10.0. The van der Waals surface area contributed by atoms with E-state index in [4.69, 9.17) is 0 Å². The summed E-state index contributed by atoms with van der Waals surface area (Å²) in [5.74, 6) is 0.336. The van der Waals surface area contributed by atoms with E-state index in [1.807, 2.05) is 18.2 Å². The number of fused-ring (bicyclic) bond motifs is 1. The van der Waals surface area contributed by atoms with E-state index >= 15 is 0 Å². The highest BCUT2D eigenvalue weighted by molar-refractivity contribution is 14.1. The molecule has 2 aromatic heterocycles. The number of benzene rings is 1. The Morgan fingerprint density at radius 2 is 2.10 bits per heavy atom. The molecule has 0 aliphatic heterocycles. The minimum atomic E-state index is -3.71. The van der Waals surface area contributed by atoms with Gasteiger partial charge in [0.25, 0.3) is 15.2 Å². The summed E-state index contributed by atoms with van der Waals surface area (Å²) in [5.41, 5.74) is 1.48. The number of aromatic nitrogens is 5. The van der Waals surface area contributed by atoms with Gasteiger partial charge in [0, 0.05) is 15.8 Å². The van der Waals surface area contributed by atoms with Crippen LogP contribution in [-0.4, -0.2) is 40.4 Å². The molecule has 0 atom stereocenters. The summed E-state index contributed by atoms with van der Waals surface area (Å²) in [6.07, 6.45) is 1.37. The minimum absolute atomic E-state index is 0.309. The molecule has 3 rings (SSSR count). The summed E-state index contributed by atoms with van der Waals surface area (Å²) >= 11 is 2.16. The maximum Gasteiger partial charge on any atom is 0.276 e. The quantitative estimate of drug-likeness (QED) is 0.499. The summed E-state index contributed by atoms with van der Waals surface area (Å²) in [5, 5.41) is 7.81. The van der Waals surface area contributed by atoms with Crippen LogP contribution in [0.25, 0.3) is 16.9 Å². The van der Waals surface area contributed by atoms with Crippen LogP contribution in [-0.2, 0) is 10.0 Å². The van der Waals surface area contributed by atoms with Crippen molar-refractivity contribution in [2.24, 2.45) is 0 Å². The number of halogens is 1. The molecule has 0 aliphatic rings. The molecule has 0 fully saturated rings. The average molecular weight is 416 g/mol. The highest BCUT2D eigenvalue weighted by Crippen LogP contribution is 2.20. The second-order valence-corrected chi connectivity index (χ2v) is 6.96. The van der Waals surface area contributed by atoms with Crippen molar-refractivity contribution in [1.82, 2.24) is 29.7 Å². The Morgan fingerprint density at radius 1 is 1.29 bits per heavy atom. The van der Waals surface area contributed by atoms with Crippen molar-refractivity contribution in [1.29, 1.82) is 0 Å². The standard InChI is InChI=1S/C11H9IN6O2S/c1-13-21(19,20)11-14-6-5-9(15-11)18-8-4-2-3-7(12)10(8)16-17-18/h2-6,13H,1H3. The van der Waals surface area contributed by atoms with Gasteiger partial charge in [-0.15, -0.1) is 5.10 Å². The molecule has 108 valence electrons. The van der Waals surface area contributed by atoms with Gasteiger partial charge in [-0.1, -0.05) is 11.3 Å². The van der Waals surface area contributed by atoms with Gasteiger partial charge in [0.2, 0.25) is 0 Å². The zero-order valence-electron chi connectivity index (χ0n) is 10.7. The molecule has 0 amide bonds. The van der Waals surface area contributed by atoms with E-state index in [2.05, 4.69) is 47.6 Å². The van der Waals surface area contributed by atoms with E-state index in [9.17, 15) is 8.42 Å². The molecule has 0 bridgehead atoms. The maximum absolute atomic E-state index is 11.8. The normalized spacial score (nSPS) is 11.9. The van der Waals surface area contributed by atoms with Crippen LogP contribution >= 0.6 is 22.6 Å². The monoisotopic (exact) mass is 416 g/mol. The van der Waals surface area contributed by atoms with E-state index < -0.39 is 10.0 Å². The fourth-order valence-electron chi connectivity index (χ4n) is 1.75. The number of sulfonamides is 1.